The summed E-state index contributed by atoms with van der Waals surface area (Å²) in [6, 6.07) is 0.789. The van der Waals surface area contributed by atoms with Crippen LogP contribution >= 0.6 is 11.3 Å². The minimum Gasteiger partial charge on any atom is -0.480 e. The van der Waals surface area contributed by atoms with E-state index in [0.717, 1.165) is 24.8 Å². The standard InChI is InChI=1S/C14H21NO4S/c1-3-5-11-9(4-2)8-12(20-11)13(17)15-10(6-7-16)14(18)19/h8,10,16H,3-7H2,1-2H3,(H,15,17)(H,18,19)/t10-/m0/s1. The number of thiophene rings is 1. The third kappa shape index (κ3) is 4.31. The monoisotopic (exact) mass is 299 g/mol. The molecule has 0 radical (unpaired) electrons. The molecule has 1 heterocycles. The minimum atomic E-state index is -1.13. The zero-order chi connectivity index (χ0) is 15.1. The molecule has 1 rings (SSSR count). The maximum atomic E-state index is 12.1. The van der Waals surface area contributed by atoms with Crippen LogP contribution in [0, 0.1) is 0 Å². The average Bonchev–Trinajstić information content (AvgIpc) is 2.81. The van der Waals surface area contributed by atoms with Gasteiger partial charge in [-0.25, -0.2) is 4.79 Å². The van der Waals surface area contributed by atoms with Gasteiger partial charge < -0.3 is 15.5 Å². The Balaban J connectivity index is 2.83. The van der Waals surface area contributed by atoms with Gasteiger partial charge in [-0.15, -0.1) is 11.3 Å². The maximum absolute atomic E-state index is 12.1. The van der Waals surface area contributed by atoms with Crippen LogP contribution in [0.15, 0.2) is 6.07 Å². The van der Waals surface area contributed by atoms with Crippen LogP contribution in [0.4, 0.5) is 0 Å². The largest absolute Gasteiger partial charge is 0.480 e. The second-order valence-electron chi connectivity index (χ2n) is 4.54. The minimum absolute atomic E-state index is 0.00883. The Labute approximate surface area is 122 Å². The van der Waals surface area contributed by atoms with E-state index < -0.39 is 12.0 Å². The number of aryl methyl sites for hydroxylation is 2. The Hall–Kier alpha value is -1.40. The number of rotatable bonds is 8. The topological polar surface area (TPSA) is 86.6 Å². The fourth-order valence-corrected chi connectivity index (χ4v) is 3.19. The van der Waals surface area contributed by atoms with Gasteiger partial charge in [0.05, 0.1) is 4.88 Å². The normalized spacial score (nSPS) is 12.2. The molecule has 0 saturated carbocycles. The molecule has 1 amide bonds. The maximum Gasteiger partial charge on any atom is 0.326 e. The van der Waals surface area contributed by atoms with Crippen LogP contribution < -0.4 is 5.32 Å². The fourth-order valence-electron chi connectivity index (χ4n) is 1.93. The lowest BCUT2D eigenvalue weighted by molar-refractivity contribution is -0.139. The van der Waals surface area contributed by atoms with Gasteiger partial charge in [-0.3, -0.25) is 4.79 Å². The first-order chi connectivity index (χ1) is 9.53. The first-order valence-electron chi connectivity index (χ1n) is 6.79. The number of carboxylic acid groups (broad SMARTS) is 1. The summed E-state index contributed by atoms with van der Waals surface area (Å²) in [5.41, 5.74) is 1.15. The van der Waals surface area contributed by atoms with E-state index in [1.807, 2.05) is 13.0 Å². The van der Waals surface area contributed by atoms with Crippen molar-refractivity contribution in [1.29, 1.82) is 0 Å². The second-order valence-corrected chi connectivity index (χ2v) is 5.68. The van der Waals surface area contributed by atoms with Crippen molar-refractivity contribution in [2.24, 2.45) is 0 Å². The molecule has 0 bridgehead atoms. The Morgan fingerprint density at radius 1 is 1.40 bits per heavy atom. The van der Waals surface area contributed by atoms with Gasteiger partial charge in [-0.05, 0) is 24.5 Å². The van der Waals surface area contributed by atoms with Crippen LogP contribution in [0.3, 0.4) is 0 Å². The molecule has 0 fully saturated rings. The molecule has 0 unspecified atom stereocenters. The summed E-state index contributed by atoms with van der Waals surface area (Å²) < 4.78 is 0. The summed E-state index contributed by atoms with van der Waals surface area (Å²) in [5, 5.41) is 20.2. The van der Waals surface area contributed by atoms with Crippen molar-refractivity contribution in [2.75, 3.05) is 6.61 Å². The molecule has 20 heavy (non-hydrogen) atoms. The van der Waals surface area contributed by atoms with Gasteiger partial charge in [0.1, 0.15) is 6.04 Å². The molecule has 1 aromatic heterocycles. The highest BCUT2D eigenvalue weighted by Crippen LogP contribution is 2.24. The van der Waals surface area contributed by atoms with Crippen molar-refractivity contribution in [3.63, 3.8) is 0 Å². The lowest BCUT2D eigenvalue weighted by atomic mass is 10.1. The number of aliphatic hydroxyl groups excluding tert-OH is 1. The lowest BCUT2D eigenvalue weighted by Crippen LogP contribution is -2.41. The molecule has 3 N–H and O–H groups in total. The van der Waals surface area contributed by atoms with E-state index in [2.05, 4.69) is 12.2 Å². The molecule has 0 aliphatic heterocycles. The SMILES string of the molecule is CCCc1sc(C(=O)N[C@@H](CCO)C(=O)O)cc1CC. The van der Waals surface area contributed by atoms with E-state index in [1.165, 1.54) is 16.2 Å². The van der Waals surface area contributed by atoms with Crippen LogP contribution in [0.1, 0.15) is 46.8 Å². The number of hydrogen-bond donors (Lipinski definition) is 3. The first-order valence-corrected chi connectivity index (χ1v) is 7.61. The predicted molar refractivity (Wildman–Crippen MR) is 78.3 cm³/mol. The molecule has 0 spiro atoms. The molecule has 0 aromatic carbocycles. The molecule has 0 aliphatic carbocycles. The highest BCUT2D eigenvalue weighted by atomic mass is 32.1. The molecule has 112 valence electrons. The molecule has 0 saturated heterocycles. The number of nitrogens with one attached hydrogen (secondary N) is 1. The van der Waals surface area contributed by atoms with Crippen molar-refractivity contribution in [2.45, 2.75) is 45.6 Å². The van der Waals surface area contributed by atoms with Gasteiger partial charge in [-0.2, -0.15) is 0 Å². The zero-order valence-electron chi connectivity index (χ0n) is 11.8. The fraction of sp³-hybridized carbons (Fsp3) is 0.571. The first kappa shape index (κ1) is 16.7. The average molecular weight is 299 g/mol. The summed E-state index contributed by atoms with van der Waals surface area (Å²) in [4.78, 5) is 24.8. The van der Waals surface area contributed by atoms with Gasteiger partial charge in [0.15, 0.2) is 0 Å². The highest BCUT2D eigenvalue weighted by Gasteiger charge is 2.21. The summed E-state index contributed by atoms with van der Waals surface area (Å²) in [5.74, 6) is -1.51. The van der Waals surface area contributed by atoms with Crippen molar-refractivity contribution >= 4 is 23.2 Å². The molecule has 0 aliphatic rings. The van der Waals surface area contributed by atoms with Crippen LogP contribution in [0.2, 0.25) is 0 Å². The van der Waals surface area contributed by atoms with Crippen molar-refractivity contribution < 1.29 is 19.8 Å². The molecule has 6 heteroatoms. The number of carbonyl (C=O) groups excluding carboxylic acids is 1. The Kier molecular flexibility index (Phi) is 6.67. The zero-order valence-corrected chi connectivity index (χ0v) is 12.6. The van der Waals surface area contributed by atoms with Crippen LogP contribution in [-0.4, -0.2) is 34.7 Å². The van der Waals surface area contributed by atoms with Crippen LogP contribution in [0.25, 0.3) is 0 Å². The quantitative estimate of drug-likeness (QED) is 0.683. The number of aliphatic carboxylic acids is 1. The van der Waals surface area contributed by atoms with Gasteiger partial charge in [0.25, 0.3) is 5.91 Å². The van der Waals surface area contributed by atoms with Crippen LogP contribution in [0.5, 0.6) is 0 Å². The van der Waals surface area contributed by atoms with Gasteiger partial charge in [0, 0.05) is 17.9 Å². The van der Waals surface area contributed by atoms with E-state index in [4.69, 9.17) is 10.2 Å². The number of carboxylic acids is 1. The third-order valence-corrected chi connectivity index (χ3v) is 4.24. The van der Waals surface area contributed by atoms with Crippen molar-refractivity contribution in [3.05, 3.63) is 21.4 Å². The second kappa shape index (κ2) is 8.01. The van der Waals surface area contributed by atoms with Gasteiger partial charge in [-0.1, -0.05) is 20.3 Å². The number of amides is 1. The Morgan fingerprint density at radius 3 is 2.60 bits per heavy atom. The molecule has 1 atom stereocenters. The van der Waals surface area contributed by atoms with E-state index in [9.17, 15) is 9.59 Å². The third-order valence-electron chi connectivity index (χ3n) is 3.00. The number of aliphatic hydroxyl groups is 1. The lowest BCUT2D eigenvalue weighted by Gasteiger charge is -2.12. The summed E-state index contributed by atoms with van der Waals surface area (Å²) in [6.45, 7) is 3.85. The van der Waals surface area contributed by atoms with E-state index in [1.54, 1.807) is 0 Å². The molecule has 1 aromatic rings. The van der Waals surface area contributed by atoms with Crippen molar-refractivity contribution in [1.82, 2.24) is 5.32 Å². The Bertz CT molecular complexity index is 470. The number of carbonyl (C=O) groups is 2. The smallest absolute Gasteiger partial charge is 0.326 e. The van der Waals surface area contributed by atoms with Crippen molar-refractivity contribution in [3.8, 4) is 0 Å². The Morgan fingerprint density at radius 2 is 2.10 bits per heavy atom. The summed E-state index contributed by atoms with van der Waals surface area (Å²) in [6.07, 6.45) is 2.81. The highest BCUT2D eigenvalue weighted by molar-refractivity contribution is 7.14. The number of hydrogen-bond acceptors (Lipinski definition) is 4. The van der Waals surface area contributed by atoms with Gasteiger partial charge in [0.2, 0.25) is 0 Å². The molecular formula is C14H21NO4S. The molecule has 5 nitrogen and oxygen atoms in total. The van der Waals surface area contributed by atoms with Crippen LogP contribution in [-0.2, 0) is 17.6 Å². The van der Waals surface area contributed by atoms with E-state index in [-0.39, 0.29) is 18.9 Å². The van der Waals surface area contributed by atoms with Gasteiger partial charge >= 0.3 is 5.97 Å². The predicted octanol–water partition coefficient (Wildman–Crippen LogP) is 1.83. The van der Waals surface area contributed by atoms with E-state index >= 15 is 0 Å². The molecular weight excluding hydrogens is 278 g/mol. The van der Waals surface area contributed by atoms with E-state index in [0.29, 0.717) is 4.88 Å². The summed E-state index contributed by atoms with van der Waals surface area (Å²) in [7, 11) is 0. The summed E-state index contributed by atoms with van der Waals surface area (Å²) >= 11 is 1.42.